The Labute approximate surface area is 215 Å². The Bertz CT molecular complexity index is 1430. The number of rotatable bonds is 6. The zero-order chi connectivity index (χ0) is 25.1. The Morgan fingerprint density at radius 3 is 2.56 bits per heavy atom. The standard InChI is InChI=1S/C29H29N5OS/c1-5-35-21-16-14-20(15-17-21)31-27(28-32-23-11-7-9-13-25(23)36-28)33-30-19-18-26-29(2,3)22-10-6-8-12-24(22)34(26)4/h6-19H,5H2,1-4H3,(H,31,33)/b26-18?,30-19+. The lowest BCUT2D eigenvalue weighted by atomic mass is 9.84. The van der Waals surface area contributed by atoms with Crippen molar-refractivity contribution in [1.82, 2.24) is 10.4 Å². The minimum atomic E-state index is -0.108. The maximum Gasteiger partial charge on any atom is 0.183 e. The van der Waals surface area contributed by atoms with E-state index < -0.39 is 0 Å². The van der Waals surface area contributed by atoms with E-state index in [4.69, 9.17) is 14.7 Å². The van der Waals surface area contributed by atoms with Crippen molar-refractivity contribution in [3.63, 3.8) is 0 Å². The Morgan fingerprint density at radius 1 is 1.06 bits per heavy atom. The second-order valence-electron chi connectivity index (χ2n) is 9.02. The van der Waals surface area contributed by atoms with Gasteiger partial charge >= 0.3 is 0 Å². The van der Waals surface area contributed by atoms with Crippen LogP contribution in [0, 0.1) is 0 Å². The highest BCUT2D eigenvalue weighted by Gasteiger charge is 2.37. The first-order valence-corrected chi connectivity index (χ1v) is 12.8. The van der Waals surface area contributed by atoms with Gasteiger partial charge < -0.3 is 9.64 Å². The fourth-order valence-electron chi connectivity index (χ4n) is 4.51. The molecule has 0 amide bonds. The van der Waals surface area contributed by atoms with Crippen LogP contribution >= 0.6 is 11.3 Å². The molecular formula is C29H29N5OS. The van der Waals surface area contributed by atoms with Gasteiger partial charge in [0.2, 0.25) is 0 Å². The number of ether oxygens (including phenoxy) is 1. The molecule has 0 aliphatic carbocycles. The predicted molar refractivity (Wildman–Crippen MR) is 151 cm³/mol. The van der Waals surface area contributed by atoms with Crippen LogP contribution in [-0.4, -0.2) is 30.7 Å². The largest absolute Gasteiger partial charge is 0.494 e. The molecule has 7 heteroatoms. The number of nitrogens with one attached hydrogen (secondary N) is 1. The second kappa shape index (κ2) is 9.95. The zero-order valence-corrected chi connectivity index (χ0v) is 21.7. The molecule has 1 N–H and O–H groups in total. The van der Waals surface area contributed by atoms with Crippen molar-refractivity contribution in [3.05, 3.63) is 95.1 Å². The number of hydrazone groups is 1. The normalized spacial score (nSPS) is 16.2. The minimum absolute atomic E-state index is 0.108. The SMILES string of the molecule is CCOc1ccc(N=C(N/N=C/C=C2N(C)c3ccccc3C2(C)C)c2nc3ccccc3s2)cc1. The molecule has 3 aromatic carbocycles. The Morgan fingerprint density at radius 2 is 1.81 bits per heavy atom. The average molecular weight is 496 g/mol. The summed E-state index contributed by atoms with van der Waals surface area (Å²) in [6, 6.07) is 24.3. The number of amidine groups is 1. The summed E-state index contributed by atoms with van der Waals surface area (Å²) in [5.74, 6) is 1.41. The smallest absolute Gasteiger partial charge is 0.183 e. The van der Waals surface area contributed by atoms with Gasteiger partial charge in [-0.3, -0.25) is 5.43 Å². The fraction of sp³-hybridized carbons (Fsp3) is 0.207. The molecule has 0 radical (unpaired) electrons. The number of fused-ring (bicyclic) bond motifs is 2. The van der Waals surface area contributed by atoms with Crippen molar-refractivity contribution >= 4 is 45.0 Å². The van der Waals surface area contributed by atoms with Gasteiger partial charge in [-0.1, -0.05) is 44.2 Å². The highest BCUT2D eigenvalue weighted by atomic mass is 32.1. The first kappa shape index (κ1) is 23.8. The third kappa shape index (κ3) is 4.62. The topological polar surface area (TPSA) is 62.1 Å². The van der Waals surface area contributed by atoms with E-state index in [2.05, 4.69) is 72.7 Å². The molecule has 1 aliphatic rings. The number of likely N-dealkylation sites (N-methyl/N-ethyl adjacent to an activating group) is 1. The number of nitrogens with zero attached hydrogens (tertiary/aromatic N) is 4. The lowest BCUT2D eigenvalue weighted by Crippen LogP contribution is -2.23. The van der Waals surface area contributed by atoms with Crippen molar-refractivity contribution in [2.75, 3.05) is 18.6 Å². The molecule has 0 unspecified atom stereocenters. The maximum absolute atomic E-state index is 5.56. The van der Waals surface area contributed by atoms with Crippen molar-refractivity contribution in [2.24, 2.45) is 10.1 Å². The van der Waals surface area contributed by atoms with Crippen molar-refractivity contribution in [2.45, 2.75) is 26.2 Å². The van der Waals surface area contributed by atoms with Gasteiger partial charge in [0.25, 0.3) is 0 Å². The van der Waals surface area contributed by atoms with Crippen LogP contribution in [0.5, 0.6) is 5.75 Å². The molecule has 4 aromatic rings. The van der Waals surface area contributed by atoms with E-state index in [1.54, 1.807) is 17.6 Å². The summed E-state index contributed by atoms with van der Waals surface area (Å²) < 4.78 is 6.66. The summed E-state index contributed by atoms with van der Waals surface area (Å²) in [5, 5.41) is 5.30. The van der Waals surface area contributed by atoms with Crippen LogP contribution in [0.2, 0.25) is 0 Å². The number of hydrogen-bond acceptors (Lipinski definition) is 6. The van der Waals surface area contributed by atoms with E-state index in [0.29, 0.717) is 12.4 Å². The van der Waals surface area contributed by atoms with Gasteiger partial charge in [0.15, 0.2) is 10.8 Å². The summed E-state index contributed by atoms with van der Waals surface area (Å²) >= 11 is 1.58. The first-order chi connectivity index (χ1) is 17.5. The zero-order valence-electron chi connectivity index (χ0n) is 20.9. The highest BCUT2D eigenvalue weighted by molar-refractivity contribution is 7.20. The number of aliphatic imine (C=N–C) groups is 1. The van der Waals surface area contributed by atoms with Crippen LogP contribution in [0.25, 0.3) is 10.2 Å². The molecule has 0 saturated carbocycles. The van der Waals surface area contributed by atoms with Gasteiger partial charge in [-0.2, -0.15) is 5.10 Å². The summed E-state index contributed by atoms with van der Waals surface area (Å²) in [4.78, 5) is 11.8. The lowest BCUT2D eigenvalue weighted by molar-refractivity contribution is 0.340. The number of para-hydroxylation sites is 2. The molecule has 5 rings (SSSR count). The number of anilines is 1. The van der Waals surface area contributed by atoms with Gasteiger partial charge in [-0.25, -0.2) is 9.98 Å². The van der Waals surface area contributed by atoms with Crippen molar-refractivity contribution in [1.29, 1.82) is 0 Å². The third-order valence-electron chi connectivity index (χ3n) is 6.30. The van der Waals surface area contributed by atoms with Gasteiger partial charge in [-0.15, -0.1) is 11.3 Å². The Hall–Kier alpha value is -3.97. The average Bonchev–Trinajstić information content (AvgIpc) is 3.40. The molecule has 0 spiro atoms. The van der Waals surface area contributed by atoms with Crippen LogP contribution < -0.4 is 15.1 Å². The Kier molecular flexibility index (Phi) is 6.57. The molecule has 2 heterocycles. The third-order valence-corrected chi connectivity index (χ3v) is 7.35. The molecule has 1 aromatic heterocycles. The predicted octanol–water partition coefficient (Wildman–Crippen LogP) is 6.66. The summed E-state index contributed by atoms with van der Waals surface area (Å²) in [7, 11) is 2.10. The lowest BCUT2D eigenvalue weighted by Gasteiger charge is -2.23. The molecule has 182 valence electrons. The van der Waals surface area contributed by atoms with Crippen molar-refractivity contribution in [3.8, 4) is 5.75 Å². The van der Waals surface area contributed by atoms with Crippen LogP contribution in [0.4, 0.5) is 11.4 Å². The van der Waals surface area contributed by atoms with Crippen molar-refractivity contribution < 1.29 is 4.74 Å². The summed E-state index contributed by atoms with van der Waals surface area (Å²) in [6.45, 7) is 7.07. The van der Waals surface area contributed by atoms with Crippen LogP contribution in [0.3, 0.4) is 0 Å². The summed E-state index contributed by atoms with van der Waals surface area (Å²) in [6.07, 6.45) is 3.85. The van der Waals surface area contributed by atoms with Gasteiger partial charge in [0.1, 0.15) is 5.75 Å². The highest BCUT2D eigenvalue weighted by Crippen LogP contribution is 2.46. The quantitative estimate of drug-likeness (QED) is 0.185. The van der Waals surface area contributed by atoms with E-state index in [-0.39, 0.29) is 5.41 Å². The van der Waals surface area contributed by atoms with Gasteiger partial charge in [0.05, 0.1) is 22.5 Å². The summed E-state index contributed by atoms with van der Waals surface area (Å²) in [5.41, 5.74) is 8.49. The van der Waals surface area contributed by atoms with E-state index in [1.807, 2.05) is 49.4 Å². The second-order valence-corrected chi connectivity index (χ2v) is 10.0. The number of hydrogen-bond donors (Lipinski definition) is 1. The van der Waals surface area contributed by atoms with Crippen LogP contribution in [-0.2, 0) is 5.41 Å². The number of thiazole rings is 1. The molecule has 6 nitrogen and oxygen atoms in total. The molecular weight excluding hydrogens is 466 g/mol. The minimum Gasteiger partial charge on any atom is -0.494 e. The molecule has 0 atom stereocenters. The van der Waals surface area contributed by atoms with E-state index >= 15 is 0 Å². The van der Waals surface area contributed by atoms with Crippen LogP contribution in [0.15, 0.2) is 94.7 Å². The monoisotopic (exact) mass is 495 g/mol. The van der Waals surface area contributed by atoms with Gasteiger partial charge in [-0.05, 0) is 61.0 Å². The molecule has 0 fully saturated rings. The number of allylic oxidation sites excluding steroid dienone is 2. The Balaban J connectivity index is 1.43. The van der Waals surface area contributed by atoms with E-state index in [9.17, 15) is 0 Å². The number of benzene rings is 3. The van der Waals surface area contributed by atoms with Gasteiger partial charge in [0, 0.05) is 30.1 Å². The van der Waals surface area contributed by atoms with Crippen LogP contribution in [0.1, 0.15) is 31.3 Å². The maximum atomic E-state index is 5.56. The number of aromatic nitrogens is 1. The van der Waals surface area contributed by atoms with E-state index in [0.717, 1.165) is 26.7 Å². The molecule has 36 heavy (non-hydrogen) atoms. The molecule has 0 bridgehead atoms. The van der Waals surface area contributed by atoms with E-state index in [1.165, 1.54) is 16.9 Å². The molecule has 0 saturated heterocycles. The first-order valence-electron chi connectivity index (χ1n) is 12.0. The molecule has 1 aliphatic heterocycles. The fourth-order valence-corrected chi connectivity index (χ4v) is 5.42.